The number of aromatic hydroxyl groups is 2. The Morgan fingerprint density at radius 3 is 2.33 bits per heavy atom. The topological polar surface area (TPSA) is 132 Å². The van der Waals surface area contributed by atoms with Crippen LogP contribution in [-0.4, -0.2) is 88.9 Å². The van der Waals surface area contributed by atoms with E-state index < -0.39 is 40.4 Å². The number of hydrogen-bond acceptors (Lipinski definition) is 10. The van der Waals surface area contributed by atoms with Gasteiger partial charge in [0.2, 0.25) is 0 Å². The molecule has 4 bridgehead atoms. The van der Waals surface area contributed by atoms with E-state index >= 15 is 0 Å². The van der Waals surface area contributed by atoms with Gasteiger partial charge in [0.15, 0.2) is 22.8 Å². The summed E-state index contributed by atoms with van der Waals surface area (Å²) in [6.45, 7) is 19.7. The van der Waals surface area contributed by atoms with Crippen LogP contribution in [0.25, 0.3) is 0 Å². The number of morpholine rings is 1. The molecule has 7 rings (SSSR count). The first-order valence-corrected chi connectivity index (χ1v) is 19.9. The van der Waals surface area contributed by atoms with Gasteiger partial charge >= 0.3 is 5.97 Å². The zero-order valence-electron chi connectivity index (χ0n) is 33.9. The van der Waals surface area contributed by atoms with E-state index in [9.17, 15) is 24.6 Å². The quantitative estimate of drug-likeness (QED) is 0.0854. The summed E-state index contributed by atoms with van der Waals surface area (Å²) in [5.41, 5.74) is 0.531. The van der Waals surface area contributed by atoms with Crippen molar-refractivity contribution >= 4 is 17.5 Å². The van der Waals surface area contributed by atoms with Crippen molar-refractivity contribution < 1.29 is 43.5 Å². The van der Waals surface area contributed by atoms with Crippen molar-refractivity contribution in [1.82, 2.24) is 4.90 Å². The summed E-state index contributed by atoms with van der Waals surface area (Å²) in [4.78, 5) is 45.0. The molecule has 4 atom stereocenters. The first kappa shape index (κ1) is 40.7. The van der Waals surface area contributed by atoms with E-state index in [0.29, 0.717) is 37.2 Å². The average Bonchev–Trinajstić information content (AvgIpc) is 3.29. The van der Waals surface area contributed by atoms with Crippen LogP contribution in [0, 0.1) is 11.8 Å². The monoisotopic (exact) mass is 757 g/mol. The smallest absolute Gasteiger partial charge is 0.333 e. The largest absolute Gasteiger partial charge is 0.507 e. The number of ether oxygens (including phenoxy) is 4. The van der Waals surface area contributed by atoms with Gasteiger partial charge in [-0.05, 0) is 93.9 Å². The Kier molecular flexibility index (Phi) is 11.7. The molecule has 1 aromatic rings. The fourth-order valence-corrected chi connectivity index (χ4v) is 9.19. The summed E-state index contributed by atoms with van der Waals surface area (Å²) in [5.74, 6) is -2.51. The zero-order chi connectivity index (χ0) is 39.9. The molecule has 55 heavy (non-hydrogen) atoms. The molecule has 0 radical (unpaired) electrons. The molecule has 6 aliphatic rings. The molecule has 10 heteroatoms. The van der Waals surface area contributed by atoms with E-state index in [1.54, 1.807) is 19.1 Å². The first-order valence-electron chi connectivity index (χ1n) is 19.9. The van der Waals surface area contributed by atoms with Crippen LogP contribution in [0.4, 0.5) is 0 Å². The minimum absolute atomic E-state index is 0.00263. The van der Waals surface area contributed by atoms with Crippen LogP contribution in [0.3, 0.4) is 0 Å². The summed E-state index contributed by atoms with van der Waals surface area (Å²) in [6.07, 6.45) is 12.7. The van der Waals surface area contributed by atoms with Crippen LogP contribution in [0.5, 0.6) is 17.2 Å². The van der Waals surface area contributed by atoms with Crippen molar-refractivity contribution in [2.45, 2.75) is 117 Å². The lowest BCUT2D eigenvalue weighted by atomic mass is 9.51. The number of ketones is 2. The molecule has 298 valence electrons. The highest BCUT2D eigenvalue weighted by Gasteiger charge is 2.81. The predicted octanol–water partition coefficient (Wildman–Crippen LogP) is 7.45. The Hall–Kier alpha value is -3.99. The maximum absolute atomic E-state index is 14.9. The van der Waals surface area contributed by atoms with Crippen molar-refractivity contribution in [2.24, 2.45) is 11.8 Å². The van der Waals surface area contributed by atoms with Gasteiger partial charge in [0.05, 0.1) is 25.4 Å². The molecule has 2 saturated heterocycles. The number of hydrogen-bond donors (Lipinski definition) is 2. The minimum Gasteiger partial charge on any atom is -0.507 e. The van der Waals surface area contributed by atoms with E-state index in [-0.39, 0.29) is 65.6 Å². The Labute approximate surface area is 325 Å². The van der Waals surface area contributed by atoms with E-state index in [4.69, 9.17) is 18.9 Å². The SMILES string of the molecule is CC(C)=CCC/C(C)=C/Cc1c(O)c(CC=C(C)C)c2c(c1O)C(=O)C1=C[C@H]3C[C@H]4C(C)(C)O[C@](C/C=C(/C)C(=O)OCCCN5CCOCC5)(C3=O)[C@]14O2. The number of nitrogens with zero attached hydrogens (tertiary/aromatic N) is 1. The summed E-state index contributed by atoms with van der Waals surface area (Å²) >= 11 is 0. The van der Waals surface area contributed by atoms with Crippen molar-refractivity contribution in [3.8, 4) is 17.2 Å². The third kappa shape index (κ3) is 7.38. The molecular formula is C45H59NO9. The maximum atomic E-state index is 14.9. The Morgan fingerprint density at radius 2 is 1.64 bits per heavy atom. The first-order chi connectivity index (χ1) is 26.0. The van der Waals surface area contributed by atoms with E-state index in [0.717, 1.165) is 43.6 Å². The molecule has 3 fully saturated rings. The average molecular weight is 758 g/mol. The Morgan fingerprint density at radius 1 is 0.945 bits per heavy atom. The molecule has 3 aliphatic heterocycles. The van der Waals surface area contributed by atoms with Crippen molar-refractivity contribution in [2.75, 3.05) is 39.5 Å². The van der Waals surface area contributed by atoms with Crippen LogP contribution >= 0.6 is 0 Å². The minimum atomic E-state index is -1.64. The van der Waals surface area contributed by atoms with Gasteiger partial charge in [0.25, 0.3) is 0 Å². The molecule has 0 aromatic heterocycles. The second-order valence-corrected chi connectivity index (χ2v) is 17.0. The normalized spacial score (nSPS) is 26.9. The van der Waals surface area contributed by atoms with Crippen LogP contribution < -0.4 is 4.74 Å². The summed E-state index contributed by atoms with van der Waals surface area (Å²) in [5, 5.41) is 23.8. The lowest BCUT2D eigenvalue weighted by Crippen LogP contribution is -2.72. The Balaban J connectivity index is 1.36. The van der Waals surface area contributed by atoms with Crippen molar-refractivity contribution in [1.29, 1.82) is 0 Å². The molecular weight excluding hydrogens is 698 g/mol. The number of Topliss-reactive ketones (excluding diaryl/α,β-unsaturated/α-hetero) is 2. The number of esters is 1. The number of phenolic OH excluding ortho intramolecular Hbond substituents is 2. The number of phenols is 2. The van der Waals surface area contributed by atoms with Gasteiger partial charge < -0.3 is 29.2 Å². The molecule has 1 saturated carbocycles. The van der Waals surface area contributed by atoms with Crippen LogP contribution in [-0.2, 0) is 36.6 Å². The van der Waals surface area contributed by atoms with Crippen LogP contribution in [0.1, 0.15) is 109 Å². The standard InChI is InChI=1S/C45H59NO9/c1-27(2)11-9-12-29(5)14-16-32-37(47)33(15-13-28(3)4)40-36(38(32)48)39(49)34-25-31-26-35-43(7,8)55-44(41(31)50,45(34,35)54-40)18-17-30(6)42(51)53-22-10-19-46-20-23-52-24-21-46/h11,13-14,17,25,31,35,47-48H,9-10,12,15-16,18-24,26H2,1-8H3/b29-14+,30-17-/t31-,35-,44+,45-/m0/s1. The van der Waals surface area contributed by atoms with Gasteiger partial charge in [-0.2, -0.15) is 0 Å². The number of carbonyl (C=O) groups excluding carboxylic acids is 3. The van der Waals surface area contributed by atoms with Gasteiger partial charge in [0.1, 0.15) is 22.8 Å². The van der Waals surface area contributed by atoms with Gasteiger partial charge in [-0.15, -0.1) is 0 Å². The van der Waals surface area contributed by atoms with Crippen LogP contribution in [0.2, 0.25) is 0 Å². The lowest BCUT2D eigenvalue weighted by molar-refractivity contribution is -0.171. The van der Waals surface area contributed by atoms with Gasteiger partial charge in [-0.25, -0.2) is 4.79 Å². The number of fused-ring (bicyclic) bond motifs is 1. The number of benzene rings is 1. The number of allylic oxidation sites excluding steroid dienone is 7. The van der Waals surface area contributed by atoms with Gasteiger partial charge in [-0.3, -0.25) is 14.5 Å². The third-order valence-electron chi connectivity index (χ3n) is 12.1. The highest BCUT2D eigenvalue weighted by Crippen LogP contribution is 2.68. The second kappa shape index (κ2) is 15.9. The molecule has 0 unspecified atom stereocenters. The predicted molar refractivity (Wildman–Crippen MR) is 211 cm³/mol. The van der Waals surface area contributed by atoms with E-state index in [1.807, 2.05) is 46.8 Å². The van der Waals surface area contributed by atoms with Gasteiger partial charge in [0, 0.05) is 60.2 Å². The summed E-state index contributed by atoms with van der Waals surface area (Å²) in [6, 6.07) is 0. The molecule has 2 N–H and O–H groups in total. The highest BCUT2D eigenvalue weighted by molar-refractivity contribution is 6.18. The van der Waals surface area contributed by atoms with Crippen molar-refractivity contribution in [3.05, 3.63) is 74.9 Å². The third-order valence-corrected chi connectivity index (χ3v) is 12.1. The van der Waals surface area contributed by atoms with Crippen molar-refractivity contribution in [3.63, 3.8) is 0 Å². The molecule has 10 nitrogen and oxygen atoms in total. The molecule has 0 amide bonds. The number of rotatable bonds is 14. The van der Waals surface area contributed by atoms with E-state index in [1.165, 1.54) is 5.57 Å². The summed E-state index contributed by atoms with van der Waals surface area (Å²) < 4.78 is 25.0. The maximum Gasteiger partial charge on any atom is 0.333 e. The fourth-order valence-electron chi connectivity index (χ4n) is 9.19. The lowest BCUT2D eigenvalue weighted by Gasteiger charge is -2.56. The highest BCUT2D eigenvalue weighted by atomic mass is 16.6. The van der Waals surface area contributed by atoms with Gasteiger partial charge in [-0.1, -0.05) is 47.1 Å². The zero-order valence-corrected chi connectivity index (χ0v) is 33.9. The second-order valence-electron chi connectivity index (χ2n) is 17.0. The van der Waals surface area contributed by atoms with E-state index in [2.05, 4.69) is 24.8 Å². The molecule has 1 aromatic carbocycles. The Bertz CT molecular complexity index is 1880. The fraction of sp³-hybridized carbons (Fsp3) is 0.578. The number of carbonyl (C=O) groups is 3. The van der Waals surface area contributed by atoms with Crippen LogP contribution in [0.15, 0.2) is 58.2 Å². The molecule has 3 aliphatic carbocycles. The molecule has 1 spiro atoms. The summed E-state index contributed by atoms with van der Waals surface area (Å²) in [7, 11) is 0. The molecule has 3 heterocycles.